The van der Waals surface area contributed by atoms with Crippen LogP contribution in [-0.2, 0) is 21.4 Å². The molecule has 0 aliphatic rings. The molecule has 158 valence electrons. The number of methoxy groups -OCH3 is 1. The summed E-state index contributed by atoms with van der Waals surface area (Å²) in [4.78, 5) is 14.6. The van der Waals surface area contributed by atoms with E-state index in [4.69, 9.17) is 4.74 Å². The van der Waals surface area contributed by atoms with Crippen LogP contribution in [0.1, 0.15) is 38.3 Å². The maximum Gasteiger partial charge on any atom is 0.229 e. The van der Waals surface area contributed by atoms with E-state index in [0.29, 0.717) is 31.1 Å². The van der Waals surface area contributed by atoms with Crippen LogP contribution < -0.4 is 4.90 Å². The topological polar surface area (TPSA) is 55.3 Å². The molecule has 30 heavy (non-hydrogen) atoms. The molecule has 0 bridgehead atoms. The van der Waals surface area contributed by atoms with Gasteiger partial charge in [-0.05, 0) is 23.0 Å². The molecule has 5 nitrogen and oxygen atoms in total. The van der Waals surface area contributed by atoms with Crippen LogP contribution in [0.25, 0.3) is 10.6 Å². The van der Waals surface area contributed by atoms with Crippen LogP contribution in [0.2, 0.25) is 0 Å². The molecule has 0 radical (unpaired) electrons. The number of carbonyl (C=O) groups excluding carboxylic acids is 1. The molecule has 0 fully saturated rings. The van der Waals surface area contributed by atoms with Gasteiger partial charge in [-0.3, -0.25) is 9.69 Å². The second kappa shape index (κ2) is 9.96. The van der Waals surface area contributed by atoms with Crippen LogP contribution in [0, 0.1) is 0 Å². The second-order valence-electron chi connectivity index (χ2n) is 8.24. The minimum Gasteiger partial charge on any atom is -0.383 e. The molecule has 0 spiro atoms. The number of amides is 1. The first kappa shape index (κ1) is 22.1. The summed E-state index contributed by atoms with van der Waals surface area (Å²) >= 11 is 1.44. The average molecular weight is 424 g/mol. The van der Waals surface area contributed by atoms with Gasteiger partial charge in [0, 0.05) is 19.1 Å². The van der Waals surface area contributed by atoms with E-state index in [1.165, 1.54) is 16.9 Å². The average Bonchev–Trinajstić information content (AvgIpc) is 3.22. The van der Waals surface area contributed by atoms with Gasteiger partial charge < -0.3 is 4.74 Å². The quantitative estimate of drug-likeness (QED) is 0.505. The van der Waals surface area contributed by atoms with Crippen LogP contribution in [-0.4, -0.2) is 36.4 Å². The van der Waals surface area contributed by atoms with Crippen molar-refractivity contribution in [1.29, 1.82) is 0 Å². The minimum atomic E-state index is 0.0293. The van der Waals surface area contributed by atoms with Gasteiger partial charge in [-0.1, -0.05) is 86.7 Å². The third kappa shape index (κ3) is 5.74. The Hall–Kier alpha value is -2.57. The highest BCUT2D eigenvalue weighted by molar-refractivity contribution is 7.18. The number of ether oxygens (including phenoxy) is 1. The van der Waals surface area contributed by atoms with Crippen molar-refractivity contribution in [3.63, 3.8) is 0 Å². The molecule has 3 rings (SSSR count). The van der Waals surface area contributed by atoms with Gasteiger partial charge in [0.15, 0.2) is 0 Å². The number of hydrogen-bond donors (Lipinski definition) is 0. The summed E-state index contributed by atoms with van der Waals surface area (Å²) in [6.07, 6.45) is 1.12. The lowest BCUT2D eigenvalue weighted by molar-refractivity contribution is -0.118. The zero-order chi connectivity index (χ0) is 21.6. The van der Waals surface area contributed by atoms with Crippen LogP contribution in [0.5, 0.6) is 0 Å². The number of carbonyl (C=O) groups is 1. The smallest absolute Gasteiger partial charge is 0.229 e. The molecule has 1 heterocycles. The summed E-state index contributed by atoms with van der Waals surface area (Å²) in [7, 11) is 1.63. The van der Waals surface area contributed by atoms with Crippen molar-refractivity contribution >= 4 is 22.4 Å². The Morgan fingerprint density at radius 2 is 1.73 bits per heavy atom. The SMILES string of the molecule is COCCN(C(=O)CCc1ccccc1)c1nnc(-c2ccc(C(C)(C)C)cc2)s1. The summed E-state index contributed by atoms with van der Waals surface area (Å²) in [5, 5.41) is 10.1. The summed E-state index contributed by atoms with van der Waals surface area (Å²) in [6, 6.07) is 18.4. The molecule has 0 saturated carbocycles. The van der Waals surface area contributed by atoms with Gasteiger partial charge in [0.2, 0.25) is 11.0 Å². The minimum absolute atomic E-state index is 0.0293. The normalized spacial score (nSPS) is 11.5. The van der Waals surface area contributed by atoms with Crippen LogP contribution in [0.3, 0.4) is 0 Å². The van der Waals surface area contributed by atoms with Gasteiger partial charge in [0.1, 0.15) is 5.01 Å². The van der Waals surface area contributed by atoms with E-state index in [9.17, 15) is 4.79 Å². The zero-order valence-electron chi connectivity index (χ0n) is 18.1. The lowest BCUT2D eigenvalue weighted by Crippen LogP contribution is -2.34. The lowest BCUT2D eigenvalue weighted by Gasteiger charge is -2.19. The Morgan fingerprint density at radius 3 is 2.37 bits per heavy atom. The van der Waals surface area contributed by atoms with Gasteiger partial charge in [0.05, 0.1) is 13.2 Å². The Kier molecular flexibility index (Phi) is 7.34. The van der Waals surface area contributed by atoms with Crippen LogP contribution in [0.15, 0.2) is 54.6 Å². The molecular formula is C24H29N3O2S. The molecule has 1 amide bonds. The van der Waals surface area contributed by atoms with Crippen LogP contribution >= 0.6 is 11.3 Å². The molecule has 6 heteroatoms. The molecule has 0 atom stereocenters. The monoisotopic (exact) mass is 423 g/mol. The maximum absolute atomic E-state index is 12.9. The Labute approximate surface area is 182 Å². The number of hydrogen-bond acceptors (Lipinski definition) is 5. The maximum atomic E-state index is 12.9. The highest BCUT2D eigenvalue weighted by atomic mass is 32.1. The van der Waals surface area contributed by atoms with Crippen molar-refractivity contribution in [1.82, 2.24) is 10.2 Å². The second-order valence-corrected chi connectivity index (χ2v) is 9.20. The van der Waals surface area contributed by atoms with Gasteiger partial charge in [-0.2, -0.15) is 0 Å². The highest BCUT2D eigenvalue weighted by Gasteiger charge is 2.21. The van der Waals surface area contributed by atoms with E-state index in [1.54, 1.807) is 12.0 Å². The van der Waals surface area contributed by atoms with E-state index in [0.717, 1.165) is 16.1 Å². The number of aromatic nitrogens is 2. The molecule has 3 aromatic rings. The standard InChI is InChI=1S/C24H29N3O2S/c1-24(2,3)20-13-11-19(12-14-20)22-25-26-23(30-22)27(16-17-29-4)21(28)15-10-18-8-6-5-7-9-18/h5-9,11-14H,10,15-17H2,1-4H3. The molecule has 2 aromatic carbocycles. The van der Waals surface area contributed by atoms with E-state index in [-0.39, 0.29) is 11.3 Å². The zero-order valence-corrected chi connectivity index (χ0v) is 18.9. The molecule has 0 aliphatic carbocycles. The lowest BCUT2D eigenvalue weighted by atomic mass is 9.87. The first-order valence-corrected chi connectivity index (χ1v) is 11.0. The van der Waals surface area contributed by atoms with Crippen molar-refractivity contribution in [2.45, 2.75) is 39.0 Å². The van der Waals surface area contributed by atoms with Gasteiger partial charge in [-0.25, -0.2) is 0 Å². The predicted molar refractivity (Wildman–Crippen MR) is 123 cm³/mol. The molecule has 0 saturated heterocycles. The number of benzene rings is 2. The van der Waals surface area contributed by atoms with Gasteiger partial charge in [0.25, 0.3) is 0 Å². The number of aryl methyl sites for hydroxylation is 1. The molecule has 0 N–H and O–H groups in total. The Bertz CT molecular complexity index is 947. The number of anilines is 1. The number of rotatable bonds is 8. The molecule has 0 aliphatic heterocycles. The summed E-state index contributed by atoms with van der Waals surface area (Å²) in [6.45, 7) is 7.49. The highest BCUT2D eigenvalue weighted by Crippen LogP contribution is 2.31. The number of nitrogens with zero attached hydrogens (tertiary/aromatic N) is 3. The predicted octanol–water partition coefficient (Wildman–Crippen LogP) is 5.11. The van der Waals surface area contributed by atoms with E-state index in [1.807, 2.05) is 30.3 Å². The van der Waals surface area contributed by atoms with Crippen molar-refractivity contribution in [3.05, 3.63) is 65.7 Å². The van der Waals surface area contributed by atoms with Crippen molar-refractivity contribution in [3.8, 4) is 10.6 Å². The summed E-state index contributed by atoms with van der Waals surface area (Å²) in [5.74, 6) is 0.0293. The Morgan fingerprint density at radius 1 is 1.03 bits per heavy atom. The van der Waals surface area contributed by atoms with Crippen LogP contribution in [0.4, 0.5) is 5.13 Å². The van der Waals surface area contributed by atoms with E-state index < -0.39 is 0 Å². The summed E-state index contributed by atoms with van der Waals surface area (Å²) < 4.78 is 5.21. The Balaban J connectivity index is 1.74. The van der Waals surface area contributed by atoms with Gasteiger partial charge >= 0.3 is 0 Å². The third-order valence-corrected chi connectivity index (χ3v) is 5.93. The van der Waals surface area contributed by atoms with E-state index >= 15 is 0 Å². The largest absolute Gasteiger partial charge is 0.383 e. The third-order valence-electron chi connectivity index (χ3n) is 4.93. The van der Waals surface area contributed by atoms with Crippen molar-refractivity contribution in [2.24, 2.45) is 0 Å². The fourth-order valence-corrected chi connectivity index (χ4v) is 3.99. The summed E-state index contributed by atoms with van der Waals surface area (Å²) in [5.41, 5.74) is 3.53. The molecule has 1 aromatic heterocycles. The first-order valence-electron chi connectivity index (χ1n) is 10.2. The fourth-order valence-electron chi connectivity index (χ4n) is 3.09. The molecular weight excluding hydrogens is 394 g/mol. The molecule has 0 unspecified atom stereocenters. The first-order chi connectivity index (χ1) is 14.4. The van der Waals surface area contributed by atoms with E-state index in [2.05, 4.69) is 55.2 Å². The van der Waals surface area contributed by atoms with Gasteiger partial charge in [-0.15, -0.1) is 10.2 Å². The fraction of sp³-hybridized carbons (Fsp3) is 0.375. The van der Waals surface area contributed by atoms with Crippen molar-refractivity contribution in [2.75, 3.05) is 25.2 Å². The van der Waals surface area contributed by atoms with Crippen molar-refractivity contribution < 1.29 is 9.53 Å².